The number of carbonyl (C=O) groups is 1. The van der Waals surface area contributed by atoms with Crippen molar-refractivity contribution in [2.24, 2.45) is 0 Å². The number of rotatable bonds is 5. The molecular formula is C14H20N2O2. The molecule has 0 atom stereocenters. The number of nitrogens with zero attached hydrogens (tertiary/aromatic N) is 1. The van der Waals surface area contributed by atoms with E-state index in [9.17, 15) is 4.79 Å². The molecule has 1 fully saturated rings. The summed E-state index contributed by atoms with van der Waals surface area (Å²) in [4.78, 5) is 13.8. The van der Waals surface area contributed by atoms with Gasteiger partial charge in [-0.3, -0.25) is 4.79 Å². The highest BCUT2D eigenvalue weighted by Crippen LogP contribution is 2.22. The third kappa shape index (κ3) is 3.15. The number of likely N-dealkylation sites (tertiary alicyclic amines) is 1. The fourth-order valence-electron chi connectivity index (χ4n) is 2.22. The van der Waals surface area contributed by atoms with Crippen LogP contribution in [0.1, 0.15) is 19.3 Å². The highest BCUT2D eigenvalue weighted by molar-refractivity contribution is 5.77. The molecule has 18 heavy (non-hydrogen) atoms. The molecule has 1 aromatic rings. The first-order valence-electron chi connectivity index (χ1n) is 6.46. The zero-order chi connectivity index (χ0) is 12.8. The monoisotopic (exact) mass is 248 g/mol. The van der Waals surface area contributed by atoms with Crippen LogP contribution in [0.2, 0.25) is 0 Å². The number of nitrogens with one attached hydrogen (secondary N) is 1. The molecule has 1 amide bonds. The van der Waals surface area contributed by atoms with E-state index in [4.69, 9.17) is 4.74 Å². The van der Waals surface area contributed by atoms with Crippen LogP contribution in [-0.2, 0) is 4.79 Å². The quantitative estimate of drug-likeness (QED) is 0.867. The largest absolute Gasteiger partial charge is 0.495 e. The molecule has 1 aliphatic rings. The van der Waals surface area contributed by atoms with Gasteiger partial charge in [0, 0.05) is 26.1 Å². The van der Waals surface area contributed by atoms with E-state index in [0.717, 1.165) is 37.4 Å². The van der Waals surface area contributed by atoms with Crippen LogP contribution >= 0.6 is 0 Å². The summed E-state index contributed by atoms with van der Waals surface area (Å²) in [5.41, 5.74) is 0.939. The zero-order valence-electron chi connectivity index (χ0n) is 10.8. The average molecular weight is 248 g/mol. The van der Waals surface area contributed by atoms with Crippen molar-refractivity contribution in [1.82, 2.24) is 4.90 Å². The lowest BCUT2D eigenvalue weighted by atomic mass is 10.3. The van der Waals surface area contributed by atoms with Gasteiger partial charge in [0.15, 0.2) is 0 Å². The second kappa shape index (κ2) is 6.28. The van der Waals surface area contributed by atoms with Crippen molar-refractivity contribution in [2.45, 2.75) is 19.3 Å². The smallest absolute Gasteiger partial charge is 0.224 e. The maximum Gasteiger partial charge on any atom is 0.224 e. The third-order valence-electron chi connectivity index (χ3n) is 3.22. The minimum atomic E-state index is 0.245. The van der Waals surface area contributed by atoms with Crippen molar-refractivity contribution in [3.8, 4) is 5.75 Å². The highest BCUT2D eigenvalue weighted by atomic mass is 16.5. The molecule has 0 aliphatic carbocycles. The summed E-state index contributed by atoms with van der Waals surface area (Å²) in [5, 5.41) is 3.25. The summed E-state index contributed by atoms with van der Waals surface area (Å²) >= 11 is 0. The molecule has 1 aromatic carbocycles. The topological polar surface area (TPSA) is 41.6 Å². The Labute approximate surface area is 108 Å². The summed E-state index contributed by atoms with van der Waals surface area (Å²) in [6.07, 6.45) is 2.83. The van der Waals surface area contributed by atoms with Crippen molar-refractivity contribution in [2.75, 3.05) is 32.1 Å². The van der Waals surface area contributed by atoms with Crippen LogP contribution in [-0.4, -0.2) is 37.6 Å². The Morgan fingerprint density at radius 1 is 1.33 bits per heavy atom. The Balaban J connectivity index is 1.79. The van der Waals surface area contributed by atoms with Gasteiger partial charge in [-0.05, 0) is 25.0 Å². The standard InChI is InChI=1S/C14H20N2O2/c1-18-13-7-3-2-6-12(13)15-9-8-14(17)16-10-4-5-11-16/h2-3,6-7,15H,4-5,8-11H2,1H3. The molecule has 0 aromatic heterocycles. The second-order valence-corrected chi connectivity index (χ2v) is 4.46. The third-order valence-corrected chi connectivity index (χ3v) is 3.22. The molecule has 0 unspecified atom stereocenters. The van der Waals surface area contributed by atoms with Crippen LogP contribution in [0.15, 0.2) is 24.3 Å². The highest BCUT2D eigenvalue weighted by Gasteiger charge is 2.17. The van der Waals surface area contributed by atoms with E-state index in [1.54, 1.807) is 7.11 Å². The van der Waals surface area contributed by atoms with Gasteiger partial charge in [-0.2, -0.15) is 0 Å². The number of hydrogen-bond acceptors (Lipinski definition) is 3. The van der Waals surface area contributed by atoms with Crippen LogP contribution in [0, 0.1) is 0 Å². The molecule has 1 saturated heterocycles. The van der Waals surface area contributed by atoms with Crippen molar-refractivity contribution >= 4 is 11.6 Å². The Hall–Kier alpha value is -1.71. The lowest BCUT2D eigenvalue weighted by Gasteiger charge is -2.16. The fourth-order valence-corrected chi connectivity index (χ4v) is 2.22. The molecule has 98 valence electrons. The number of methoxy groups -OCH3 is 1. The predicted octanol–water partition coefficient (Wildman–Crippen LogP) is 2.12. The van der Waals surface area contributed by atoms with Crippen LogP contribution < -0.4 is 10.1 Å². The van der Waals surface area contributed by atoms with E-state index < -0.39 is 0 Å². The number of amides is 1. The molecule has 0 saturated carbocycles. The summed E-state index contributed by atoms with van der Waals surface area (Å²) in [6, 6.07) is 7.75. The molecular weight excluding hydrogens is 228 g/mol. The van der Waals surface area contributed by atoms with E-state index in [1.165, 1.54) is 0 Å². The lowest BCUT2D eigenvalue weighted by molar-refractivity contribution is -0.129. The molecule has 1 N–H and O–H groups in total. The van der Waals surface area contributed by atoms with Crippen LogP contribution in [0.25, 0.3) is 0 Å². The summed E-state index contributed by atoms with van der Waals surface area (Å²) < 4.78 is 5.24. The number of para-hydroxylation sites is 2. The van der Waals surface area contributed by atoms with Gasteiger partial charge in [0.2, 0.25) is 5.91 Å². The Morgan fingerprint density at radius 3 is 2.78 bits per heavy atom. The van der Waals surface area contributed by atoms with Crippen LogP contribution in [0.4, 0.5) is 5.69 Å². The maximum atomic E-state index is 11.8. The normalized spacial score (nSPS) is 14.6. The van der Waals surface area contributed by atoms with Gasteiger partial charge in [0.05, 0.1) is 12.8 Å². The number of hydrogen-bond donors (Lipinski definition) is 1. The maximum absolute atomic E-state index is 11.8. The van der Waals surface area contributed by atoms with E-state index in [2.05, 4.69) is 5.32 Å². The van der Waals surface area contributed by atoms with Crippen LogP contribution in [0.5, 0.6) is 5.75 Å². The summed E-state index contributed by atoms with van der Waals surface area (Å²) in [5.74, 6) is 1.06. The number of ether oxygens (including phenoxy) is 1. The lowest BCUT2D eigenvalue weighted by Crippen LogP contribution is -2.29. The van der Waals surface area contributed by atoms with Crippen molar-refractivity contribution in [1.29, 1.82) is 0 Å². The first kappa shape index (κ1) is 12.7. The van der Waals surface area contributed by atoms with E-state index in [-0.39, 0.29) is 5.91 Å². The van der Waals surface area contributed by atoms with Gasteiger partial charge in [-0.15, -0.1) is 0 Å². The minimum absolute atomic E-state index is 0.245. The fraction of sp³-hybridized carbons (Fsp3) is 0.500. The SMILES string of the molecule is COc1ccccc1NCCC(=O)N1CCCC1. The van der Waals surface area contributed by atoms with Gasteiger partial charge in [-0.25, -0.2) is 0 Å². The van der Waals surface area contributed by atoms with Gasteiger partial charge in [0.25, 0.3) is 0 Å². The van der Waals surface area contributed by atoms with Crippen molar-refractivity contribution in [3.63, 3.8) is 0 Å². The molecule has 1 aliphatic heterocycles. The average Bonchev–Trinajstić information content (AvgIpc) is 2.93. The molecule has 1 heterocycles. The molecule has 0 bridgehead atoms. The Kier molecular flexibility index (Phi) is 4.45. The van der Waals surface area contributed by atoms with E-state index in [1.807, 2.05) is 29.2 Å². The first-order chi connectivity index (χ1) is 8.81. The number of anilines is 1. The first-order valence-corrected chi connectivity index (χ1v) is 6.46. The Bertz CT molecular complexity index is 401. The van der Waals surface area contributed by atoms with Crippen LogP contribution in [0.3, 0.4) is 0 Å². The zero-order valence-corrected chi connectivity index (χ0v) is 10.8. The predicted molar refractivity (Wildman–Crippen MR) is 71.9 cm³/mol. The second-order valence-electron chi connectivity index (χ2n) is 4.46. The molecule has 4 heteroatoms. The van der Waals surface area contributed by atoms with Gasteiger partial charge in [0.1, 0.15) is 5.75 Å². The minimum Gasteiger partial charge on any atom is -0.495 e. The van der Waals surface area contributed by atoms with Gasteiger partial charge >= 0.3 is 0 Å². The number of carbonyl (C=O) groups excluding carboxylic acids is 1. The van der Waals surface area contributed by atoms with Gasteiger partial charge in [-0.1, -0.05) is 12.1 Å². The molecule has 0 spiro atoms. The Morgan fingerprint density at radius 2 is 2.06 bits per heavy atom. The number of benzene rings is 1. The van der Waals surface area contributed by atoms with E-state index in [0.29, 0.717) is 13.0 Å². The van der Waals surface area contributed by atoms with Gasteiger partial charge < -0.3 is 15.0 Å². The molecule has 4 nitrogen and oxygen atoms in total. The van der Waals surface area contributed by atoms with E-state index >= 15 is 0 Å². The molecule has 0 radical (unpaired) electrons. The summed E-state index contributed by atoms with van der Waals surface area (Å²) in [6.45, 7) is 2.50. The van der Waals surface area contributed by atoms with Crippen molar-refractivity contribution in [3.05, 3.63) is 24.3 Å². The summed E-state index contributed by atoms with van der Waals surface area (Å²) in [7, 11) is 1.65. The van der Waals surface area contributed by atoms with Crippen molar-refractivity contribution < 1.29 is 9.53 Å². The molecule has 2 rings (SSSR count).